The SMILES string of the molecule is COC(=O)c1ccccc1N/C=C(/C#N)C(=O)Nc1ccc(Cl)cc1Cl. The zero-order chi connectivity index (χ0) is 19.1. The van der Waals surface area contributed by atoms with E-state index in [9.17, 15) is 14.9 Å². The summed E-state index contributed by atoms with van der Waals surface area (Å²) in [5.41, 5.74) is 0.766. The van der Waals surface area contributed by atoms with Crippen LogP contribution in [0.25, 0.3) is 0 Å². The number of rotatable bonds is 5. The van der Waals surface area contributed by atoms with Crippen LogP contribution in [0.5, 0.6) is 0 Å². The van der Waals surface area contributed by atoms with Gasteiger partial charge in [0.25, 0.3) is 5.91 Å². The Morgan fingerprint density at radius 2 is 1.88 bits per heavy atom. The summed E-state index contributed by atoms with van der Waals surface area (Å²) in [7, 11) is 1.26. The molecule has 0 aliphatic heterocycles. The number of nitriles is 1. The molecule has 0 fully saturated rings. The molecule has 132 valence electrons. The molecule has 1 amide bonds. The Kier molecular flexibility index (Phi) is 6.61. The maximum absolute atomic E-state index is 12.3. The van der Waals surface area contributed by atoms with Crippen LogP contribution in [0.4, 0.5) is 11.4 Å². The predicted molar refractivity (Wildman–Crippen MR) is 100 cm³/mol. The Morgan fingerprint density at radius 3 is 2.54 bits per heavy atom. The van der Waals surface area contributed by atoms with Crippen molar-refractivity contribution >= 4 is 46.5 Å². The molecule has 0 aromatic heterocycles. The summed E-state index contributed by atoms with van der Waals surface area (Å²) in [6.45, 7) is 0. The van der Waals surface area contributed by atoms with Gasteiger partial charge in [-0.1, -0.05) is 35.3 Å². The van der Waals surface area contributed by atoms with Gasteiger partial charge in [0.05, 0.1) is 29.1 Å². The Morgan fingerprint density at radius 1 is 1.15 bits per heavy atom. The molecular formula is C18H13Cl2N3O3. The average molecular weight is 390 g/mol. The summed E-state index contributed by atoms with van der Waals surface area (Å²) in [4.78, 5) is 24.0. The third kappa shape index (κ3) is 4.76. The first-order chi connectivity index (χ1) is 12.5. The Bertz CT molecular complexity index is 920. The van der Waals surface area contributed by atoms with E-state index in [1.165, 1.54) is 25.4 Å². The van der Waals surface area contributed by atoms with Gasteiger partial charge >= 0.3 is 5.97 Å². The van der Waals surface area contributed by atoms with E-state index in [1.54, 1.807) is 36.4 Å². The number of hydrogen-bond donors (Lipinski definition) is 2. The lowest BCUT2D eigenvalue weighted by Gasteiger charge is -2.09. The standard InChI is InChI=1S/C18H13Cl2N3O3/c1-26-18(25)13-4-2-3-5-15(13)22-10-11(9-21)17(24)23-16-7-6-12(19)8-14(16)20/h2-8,10,22H,1H3,(H,23,24)/b11-10-. The zero-order valence-corrected chi connectivity index (χ0v) is 15.1. The molecule has 0 heterocycles. The molecule has 8 heteroatoms. The number of anilines is 2. The van der Waals surface area contributed by atoms with Gasteiger partial charge in [0.2, 0.25) is 0 Å². The number of nitrogens with zero attached hydrogens (tertiary/aromatic N) is 1. The van der Waals surface area contributed by atoms with Crippen LogP contribution in [0.1, 0.15) is 10.4 Å². The van der Waals surface area contributed by atoms with Crippen molar-refractivity contribution in [3.05, 3.63) is 69.8 Å². The lowest BCUT2D eigenvalue weighted by Crippen LogP contribution is -2.15. The summed E-state index contributed by atoms with van der Waals surface area (Å²) in [6, 6.07) is 12.9. The fourth-order valence-corrected chi connectivity index (χ4v) is 2.43. The minimum absolute atomic E-state index is 0.212. The molecule has 26 heavy (non-hydrogen) atoms. The van der Waals surface area contributed by atoms with Crippen LogP contribution in [-0.2, 0) is 9.53 Å². The predicted octanol–water partition coefficient (Wildman–Crippen LogP) is 4.24. The van der Waals surface area contributed by atoms with E-state index in [4.69, 9.17) is 23.2 Å². The molecule has 2 N–H and O–H groups in total. The molecule has 2 rings (SSSR count). The fraction of sp³-hybridized carbons (Fsp3) is 0.0556. The van der Waals surface area contributed by atoms with Crippen molar-refractivity contribution in [1.29, 1.82) is 5.26 Å². The van der Waals surface area contributed by atoms with Crippen molar-refractivity contribution in [2.75, 3.05) is 17.7 Å². The van der Waals surface area contributed by atoms with E-state index in [2.05, 4.69) is 15.4 Å². The zero-order valence-electron chi connectivity index (χ0n) is 13.5. The number of carbonyl (C=O) groups is 2. The maximum atomic E-state index is 12.3. The van der Waals surface area contributed by atoms with Crippen molar-refractivity contribution < 1.29 is 14.3 Å². The van der Waals surface area contributed by atoms with Gasteiger partial charge in [0.1, 0.15) is 11.6 Å². The molecule has 0 radical (unpaired) electrons. The van der Waals surface area contributed by atoms with Crippen LogP contribution in [0, 0.1) is 11.3 Å². The van der Waals surface area contributed by atoms with Gasteiger partial charge in [-0.15, -0.1) is 0 Å². The summed E-state index contributed by atoms with van der Waals surface area (Å²) in [5.74, 6) is -1.21. The smallest absolute Gasteiger partial charge is 0.339 e. The highest BCUT2D eigenvalue weighted by Crippen LogP contribution is 2.25. The third-order valence-corrected chi connectivity index (χ3v) is 3.80. The van der Waals surface area contributed by atoms with Gasteiger partial charge in [-0.3, -0.25) is 4.79 Å². The first kappa shape index (κ1) is 19.3. The van der Waals surface area contributed by atoms with Crippen LogP contribution < -0.4 is 10.6 Å². The van der Waals surface area contributed by atoms with Gasteiger partial charge in [0, 0.05) is 11.2 Å². The van der Waals surface area contributed by atoms with E-state index in [-0.39, 0.29) is 16.2 Å². The number of amides is 1. The van der Waals surface area contributed by atoms with E-state index in [1.807, 2.05) is 0 Å². The number of nitrogens with one attached hydrogen (secondary N) is 2. The highest BCUT2D eigenvalue weighted by atomic mass is 35.5. The van der Waals surface area contributed by atoms with Crippen molar-refractivity contribution in [1.82, 2.24) is 0 Å². The molecule has 2 aromatic rings. The van der Waals surface area contributed by atoms with Gasteiger partial charge in [-0.2, -0.15) is 5.26 Å². The summed E-state index contributed by atoms with van der Waals surface area (Å²) >= 11 is 11.8. The highest BCUT2D eigenvalue weighted by Gasteiger charge is 2.13. The lowest BCUT2D eigenvalue weighted by molar-refractivity contribution is -0.112. The monoisotopic (exact) mass is 389 g/mol. The second kappa shape index (κ2) is 8.90. The van der Waals surface area contributed by atoms with Gasteiger partial charge < -0.3 is 15.4 Å². The van der Waals surface area contributed by atoms with Crippen LogP contribution in [-0.4, -0.2) is 19.0 Å². The molecule has 0 aliphatic rings. The Balaban J connectivity index is 2.19. The molecule has 0 saturated carbocycles. The minimum Gasteiger partial charge on any atom is -0.465 e. The molecule has 6 nitrogen and oxygen atoms in total. The molecule has 0 aliphatic carbocycles. The number of methoxy groups -OCH3 is 1. The van der Waals surface area contributed by atoms with Crippen LogP contribution in [0.3, 0.4) is 0 Å². The van der Waals surface area contributed by atoms with Gasteiger partial charge in [-0.05, 0) is 30.3 Å². The number of benzene rings is 2. The van der Waals surface area contributed by atoms with Crippen molar-refractivity contribution in [3.63, 3.8) is 0 Å². The van der Waals surface area contributed by atoms with Crippen molar-refractivity contribution in [2.24, 2.45) is 0 Å². The number of para-hydroxylation sites is 1. The normalized spacial score (nSPS) is 10.6. The van der Waals surface area contributed by atoms with Gasteiger partial charge in [0.15, 0.2) is 0 Å². The first-order valence-electron chi connectivity index (χ1n) is 7.26. The van der Waals surface area contributed by atoms with E-state index < -0.39 is 11.9 Å². The van der Waals surface area contributed by atoms with Crippen molar-refractivity contribution in [3.8, 4) is 6.07 Å². The third-order valence-electron chi connectivity index (χ3n) is 3.25. The molecule has 0 spiro atoms. The fourth-order valence-electron chi connectivity index (χ4n) is 1.98. The summed E-state index contributed by atoms with van der Waals surface area (Å²) in [5, 5.41) is 15.2. The minimum atomic E-state index is -0.667. The molecular weight excluding hydrogens is 377 g/mol. The topological polar surface area (TPSA) is 91.2 Å². The van der Waals surface area contributed by atoms with Crippen LogP contribution >= 0.6 is 23.2 Å². The summed E-state index contributed by atoms with van der Waals surface area (Å²) < 4.78 is 4.69. The van der Waals surface area contributed by atoms with Crippen molar-refractivity contribution in [2.45, 2.75) is 0 Å². The molecule has 2 aromatic carbocycles. The summed E-state index contributed by atoms with van der Waals surface area (Å²) in [6.07, 6.45) is 1.20. The first-order valence-corrected chi connectivity index (χ1v) is 8.02. The lowest BCUT2D eigenvalue weighted by atomic mass is 10.2. The second-order valence-corrected chi connectivity index (χ2v) is 5.77. The Labute approximate surface area is 160 Å². The number of ether oxygens (including phenoxy) is 1. The highest BCUT2D eigenvalue weighted by molar-refractivity contribution is 6.36. The van der Waals surface area contributed by atoms with Crippen LogP contribution in [0.2, 0.25) is 10.0 Å². The quantitative estimate of drug-likeness (QED) is 0.453. The number of carbonyl (C=O) groups excluding carboxylic acids is 2. The molecule has 0 atom stereocenters. The average Bonchev–Trinajstić information content (AvgIpc) is 2.64. The largest absolute Gasteiger partial charge is 0.465 e. The molecule has 0 saturated heterocycles. The molecule has 0 bridgehead atoms. The van der Waals surface area contributed by atoms with E-state index >= 15 is 0 Å². The van der Waals surface area contributed by atoms with Gasteiger partial charge in [-0.25, -0.2) is 4.79 Å². The number of hydrogen-bond acceptors (Lipinski definition) is 5. The van der Waals surface area contributed by atoms with E-state index in [0.29, 0.717) is 16.4 Å². The number of esters is 1. The van der Waals surface area contributed by atoms with Crippen LogP contribution in [0.15, 0.2) is 54.2 Å². The number of halogens is 2. The second-order valence-electron chi connectivity index (χ2n) is 4.93. The Hall–Kier alpha value is -3.01. The maximum Gasteiger partial charge on any atom is 0.339 e. The molecule has 0 unspecified atom stereocenters. The van der Waals surface area contributed by atoms with E-state index in [0.717, 1.165) is 0 Å².